The molecule has 23 heavy (non-hydrogen) atoms. The minimum absolute atomic E-state index is 0.138. The summed E-state index contributed by atoms with van der Waals surface area (Å²) in [5.41, 5.74) is 0. The average Bonchev–Trinajstić information content (AvgIpc) is 2.70. The zero-order valence-electron chi connectivity index (χ0n) is 14.1. The van der Waals surface area contributed by atoms with Gasteiger partial charge in [0.05, 0.1) is 33.8 Å². The van der Waals surface area contributed by atoms with Gasteiger partial charge in [-0.25, -0.2) is 19.1 Å². The molecule has 0 aromatic carbocycles. The van der Waals surface area contributed by atoms with Crippen LogP contribution in [0.4, 0.5) is 0 Å². The first-order valence-electron chi connectivity index (χ1n) is 7.10. The van der Waals surface area contributed by atoms with Crippen LogP contribution in [0.25, 0.3) is 0 Å². The highest BCUT2D eigenvalue weighted by Crippen LogP contribution is 2.22. The second kappa shape index (κ2) is 8.56. The molecule has 1 heterocycles. The van der Waals surface area contributed by atoms with Gasteiger partial charge in [0.2, 0.25) is 5.84 Å². The molecular formula is C15H27N3O5+2. The van der Waals surface area contributed by atoms with Gasteiger partial charge in [0.15, 0.2) is 19.3 Å². The van der Waals surface area contributed by atoms with Gasteiger partial charge in [-0.2, -0.15) is 0 Å². The van der Waals surface area contributed by atoms with Crippen molar-refractivity contribution in [3.8, 4) is 0 Å². The van der Waals surface area contributed by atoms with Gasteiger partial charge in [-0.1, -0.05) is 6.08 Å². The van der Waals surface area contributed by atoms with Crippen LogP contribution in [-0.2, 0) is 9.59 Å². The molecule has 1 rings (SSSR count). The topological polar surface area (TPSA) is 107 Å². The standard InChI is InChI=1S/C10H14N2O3.C5H11NO2/c1-3-4-9-11-5-6-12(9,8(2)13)7-10(14)15;1-6(2,3)4-5(7)8/h3,5-6,8,13H,1,4,7H2,2H3;4H2,1-3H3/p+2. The Labute approximate surface area is 136 Å². The van der Waals surface area contributed by atoms with E-state index in [1.165, 1.54) is 6.20 Å². The Kier molecular flexibility index (Phi) is 7.81. The van der Waals surface area contributed by atoms with Crippen LogP contribution in [0.1, 0.15) is 13.3 Å². The predicted molar refractivity (Wildman–Crippen MR) is 86.4 cm³/mol. The van der Waals surface area contributed by atoms with Gasteiger partial charge in [0, 0.05) is 6.92 Å². The van der Waals surface area contributed by atoms with Crippen molar-refractivity contribution in [1.29, 1.82) is 0 Å². The van der Waals surface area contributed by atoms with Gasteiger partial charge in [-0.05, 0) is 0 Å². The average molecular weight is 329 g/mol. The second-order valence-electron chi connectivity index (χ2n) is 6.29. The largest absolute Gasteiger partial charge is 0.477 e. The molecule has 0 fully saturated rings. The fourth-order valence-electron chi connectivity index (χ4n) is 2.03. The zero-order chi connectivity index (χ0) is 18.3. The summed E-state index contributed by atoms with van der Waals surface area (Å²) in [6.45, 7) is 5.11. The summed E-state index contributed by atoms with van der Waals surface area (Å²) in [6, 6.07) is 0. The highest BCUT2D eigenvalue weighted by Gasteiger charge is 2.41. The van der Waals surface area contributed by atoms with E-state index in [9.17, 15) is 14.7 Å². The molecule has 0 radical (unpaired) electrons. The molecule has 0 saturated carbocycles. The van der Waals surface area contributed by atoms with E-state index >= 15 is 0 Å². The SMILES string of the molecule is C=CCC1=NC=C[N+]1(CC(=O)O)C(C)O.C[N+](C)(C)CC(=O)O. The van der Waals surface area contributed by atoms with Crippen molar-refractivity contribution < 1.29 is 33.9 Å². The number of hydrogen-bond donors (Lipinski definition) is 3. The maximum Gasteiger partial charge on any atom is 0.360 e. The zero-order valence-corrected chi connectivity index (χ0v) is 14.1. The van der Waals surface area contributed by atoms with Crippen LogP contribution in [0.5, 0.6) is 0 Å². The first-order chi connectivity index (χ1) is 10.4. The van der Waals surface area contributed by atoms with Crippen LogP contribution in [-0.4, -0.2) is 82.5 Å². The van der Waals surface area contributed by atoms with Gasteiger partial charge in [0.25, 0.3) is 0 Å². The van der Waals surface area contributed by atoms with E-state index in [-0.39, 0.29) is 17.6 Å². The minimum Gasteiger partial charge on any atom is -0.477 e. The highest BCUT2D eigenvalue weighted by molar-refractivity contribution is 5.82. The Morgan fingerprint density at radius 1 is 1.35 bits per heavy atom. The molecule has 130 valence electrons. The van der Waals surface area contributed by atoms with Crippen molar-refractivity contribution in [2.45, 2.75) is 19.6 Å². The summed E-state index contributed by atoms with van der Waals surface area (Å²) in [6.07, 6.45) is 4.39. The van der Waals surface area contributed by atoms with E-state index in [1.54, 1.807) is 19.2 Å². The Hall–Kier alpha value is -2.03. The molecule has 1 aliphatic heterocycles. The lowest BCUT2D eigenvalue weighted by molar-refractivity contribution is -0.862. The fraction of sp³-hybridized carbons (Fsp3) is 0.533. The number of carbonyl (C=O) groups is 2. The summed E-state index contributed by atoms with van der Waals surface area (Å²) >= 11 is 0. The number of nitrogens with zero attached hydrogens (tertiary/aromatic N) is 3. The van der Waals surface area contributed by atoms with Gasteiger partial charge in [0.1, 0.15) is 6.20 Å². The number of carboxylic acid groups (broad SMARTS) is 2. The van der Waals surface area contributed by atoms with Gasteiger partial charge >= 0.3 is 11.9 Å². The van der Waals surface area contributed by atoms with E-state index in [0.29, 0.717) is 16.7 Å². The van der Waals surface area contributed by atoms with Crippen molar-refractivity contribution in [3.63, 3.8) is 0 Å². The number of hydrogen-bond acceptors (Lipinski definition) is 4. The Bertz CT molecular complexity index is 506. The van der Waals surface area contributed by atoms with Crippen molar-refractivity contribution in [2.24, 2.45) is 4.99 Å². The fourth-order valence-corrected chi connectivity index (χ4v) is 2.03. The number of aliphatic carboxylic acids is 2. The summed E-state index contributed by atoms with van der Waals surface area (Å²) < 4.78 is 0.344. The molecule has 8 nitrogen and oxygen atoms in total. The molecule has 0 saturated heterocycles. The van der Waals surface area contributed by atoms with Crippen molar-refractivity contribution >= 4 is 17.8 Å². The smallest absolute Gasteiger partial charge is 0.360 e. The number of rotatable bonds is 7. The van der Waals surface area contributed by atoms with Crippen LogP contribution in [0.2, 0.25) is 0 Å². The van der Waals surface area contributed by atoms with Crippen molar-refractivity contribution in [1.82, 2.24) is 0 Å². The quantitative estimate of drug-likeness (QED) is 0.465. The molecule has 0 aliphatic carbocycles. The first-order valence-corrected chi connectivity index (χ1v) is 7.10. The molecule has 2 atom stereocenters. The van der Waals surface area contributed by atoms with E-state index in [0.717, 1.165) is 0 Å². The van der Waals surface area contributed by atoms with Gasteiger partial charge in [-0.15, -0.1) is 6.58 Å². The third-order valence-corrected chi connectivity index (χ3v) is 3.04. The number of carboxylic acids is 2. The van der Waals surface area contributed by atoms with Crippen LogP contribution in [0.15, 0.2) is 30.0 Å². The third kappa shape index (κ3) is 7.18. The number of quaternary nitrogens is 2. The van der Waals surface area contributed by atoms with E-state index < -0.39 is 18.2 Å². The molecule has 2 unspecified atom stereocenters. The number of aliphatic hydroxyl groups excluding tert-OH is 1. The molecular weight excluding hydrogens is 302 g/mol. The summed E-state index contributed by atoms with van der Waals surface area (Å²) in [5.74, 6) is -1.13. The van der Waals surface area contributed by atoms with Crippen LogP contribution in [0.3, 0.4) is 0 Å². The first kappa shape index (κ1) is 21.0. The van der Waals surface area contributed by atoms with Crippen molar-refractivity contribution in [2.75, 3.05) is 34.2 Å². The molecule has 0 aromatic rings. The second-order valence-corrected chi connectivity index (χ2v) is 6.29. The lowest BCUT2D eigenvalue weighted by Crippen LogP contribution is -2.55. The summed E-state index contributed by atoms with van der Waals surface area (Å²) in [5, 5.41) is 26.8. The molecule has 1 aliphatic rings. The maximum atomic E-state index is 10.8. The van der Waals surface area contributed by atoms with Gasteiger partial charge < -0.3 is 19.8 Å². The number of likely N-dealkylation sites (N-methyl/N-ethyl adjacent to an activating group) is 1. The Morgan fingerprint density at radius 3 is 2.22 bits per heavy atom. The van der Waals surface area contributed by atoms with E-state index in [4.69, 9.17) is 10.2 Å². The number of aliphatic imine (C=N–C) groups is 1. The molecule has 0 spiro atoms. The molecule has 0 aromatic heterocycles. The number of aliphatic hydroxyl groups is 1. The van der Waals surface area contributed by atoms with Crippen LogP contribution >= 0.6 is 0 Å². The molecule has 8 heteroatoms. The molecule has 0 amide bonds. The van der Waals surface area contributed by atoms with E-state index in [2.05, 4.69) is 11.6 Å². The Morgan fingerprint density at radius 2 is 1.91 bits per heavy atom. The molecule has 3 N–H and O–H groups in total. The maximum absolute atomic E-state index is 10.8. The van der Waals surface area contributed by atoms with E-state index in [1.807, 2.05) is 21.1 Å². The van der Waals surface area contributed by atoms with Gasteiger partial charge in [-0.3, -0.25) is 0 Å². The monoisotopic (exact) mass is 329 g/mol. The number of amidine groups is 1. The molecule has 0 bridgehead atoms. The normalized spacial score (nSPS) is 21.0. The lowest BCUT2D eigenvalue weighted by atomic mass is 10.2. The van der Waals surface area contributed by atoms with Crippen LogP contribution < -0.4 is 0 Å². The highest BCUT2D eigenvalue weighted by atomic mass is 16.4. The minimum atomic E-state index is -0.973. The lowest BCUT2D eigenvalue weighted by Gasteiger charge is -2.32. The predicted octanol–water partition coefficient (Wildman–Crippen LogP) is 0.463. The third-order valence-electron chi connectivity index (χ3n) is 3.04. The van der Waals surface area contributed by atoms with Crippen molar-refractivity contribution in [3.05, 3.63) is 25.1 Å². The Balaban J connectivity index is 0.000000515. The summed E-state index contributed by atoms with van der Waals surface area (Å²) in [4.78, 5) is 24.8. The summed E-state index contributed by atoms with van der Waals surface area (Å²) in [7, 11) is 5.52. The van der Waals surface area contributed by atoms with Crippen LogP contribution in [0, 0.1) is 0 Å².